The van der Waals surface area contributed by atoms with Crippen LogP contribution in [0.25, 0.3) is 0 Å². The molecule has 0 heterocycles. The number of carbonyl (C=O) groups excluding carboxylic acids is 2. The van der Waals surface area contributed by atoms with Crippen LogP contribution in [0.3, 0.4) is 0 Å². The zero-order valence-electron chi connectivity index (χ0n) is 10.9. The summed E-state index contributed by atoms with van der Waals surface area (Å²) in [5.74, 6) is 2.51. The molecule has 0 amide bonds. The summed E-state index contributed by atoms with van der Waals surface area (Å²) in [4.78, 5) is 20.2. The summed E-state index contributed by atoms with van der Waals surface area (Å²) < 4.78 is 0. The van der Waals surface area contributed by atoms with Crippen LogP contribution in [0.15, 0.2) is 0 Å². The summed E-state index contributed by atoms with van der Waals surface area (Å²) in [6, 6.07) is 0. The zero-order chi connectivity index (χ0) is 12.6. The second-order valence-electron chi connectivity index (χ2n) is 4.35. The predicted molar refractivity (Wildman–Crippen MR) is 75.6 cm³/mol. The van der Waals surface area contributed by atoms with Gasteiger partial charge in [-0.1, -0.05) is 25.7 Å². The van der Waals surface area contributed by atoms with E-state index < -0.39 is 0 Å². The zero-order valence-corrected chi connectivity index (χ0v) is 11.7. The molecule has 0 rings (SSSR count). The van der Waals surface area contributed by atoms with E-state index in [9.17, 15) is 9.59 Å². The van der Waals surface area contributed by atoms with Gasteiger partial charge in [0.25, 0.3) is 0 Å². The highest BCUT2D eigenvalue weighted by atomic mass is 32.2. The van der Waals surface area contributed by atoms with Gasteiger partial charge in [-0.3, -0.25) is 0 Å². The van der Waals surface area contributed by atoms with E-state index in [1.54, 1.807) is 0 Å². The molecule has 0 unspecified atom stereocenters. The number of hydrogen-bond donors (Lipinski definition) is 0. The van der Waals surface area contributed by atoms with Gasteiger partial charge >= 0.3 is 0 Å². The molecule has 2 nitrogen and oxygen atoms in total. The second-order valence-corrected chi connectivity index (χ2v) is 5.58. The molecule has 0 saturated carbocycles. The van der Waals surface area contributed by atoms with Crippen molar-refractivity contribution in [3.05, 3.63) is 0 Å². The van der Waals surface area contributed by atoms with Gasteiger partial charge in [0.2, 0.25) is 0 Å². The van der Waals surface area contributed by atoms with E-state index in [0.717, 1.165) is 38.3 Å². The SMILES string of the molecule is O=CCCCCCCCSCCCCCC=O. The molecule has 0 N–H and O–H groups in total. The number of rotatable bonds is 14. The number of aldehydes is 2. The maximum Gasteiger partial charge on any atom is 0.119 e. The second kappa shape index (κ2) is 15.7. The van der Waals surface area contributed by atoms with E-state index in [2.05, 4.69) is 0 Å². The Morgan fingerprint density at radius 2 is 1.00 bits per heavy atom. The van der Waals surface area contributed by atoms with Crippen LogP contribution in [0.4, 0.5) is 0 Å². The smallest absolute Gasteiger partial charge is 0.119 e. The average molecular weight is 258 g/mol. The van der Waals surface area contributed by atoms with E-state index in [1.165, 1.54) is 50.0 Å². The number of unbranched alkanes of at least 4 members (excludes halogenated alkanes) is 8. The Morgan fingerprint density at radius 3 is 1.53 bits per heavy atom. The van der Waals surface area contributed by atoms with Crippen LogP contribution in [0.2, 0.25) is 0 Å². The van der Waals surface area contributed by atoms with Crippen LogP contribution in [-0.2, 0) is 9.59 Å². The Morgan fingerprint density at radius 1 is 0.588 bits per heavy atom. The van der Waals surface area contributed by atoms with Gasteiger partial charge in [0.05, 0.1) is 0 Å². The Balaban J connectivity index is 2.89. The molecule has 0 atom stereocenters. The summed E-state index contributed by atoms with van der Waals surface area (Å²) in [6.07, 6.45) is 13.1. The van der Waals surface area contributed by atoms with E-state index in [-0.39, 0.29) is 0 Å². The van der Waals surface area contributed by atoms with Crippen molar-refractivity contribution in [2.24, 2.45) is 0 Å². The molecule has 17 heavy (non-hydrogen) atoms. The van der Waals surface area contributed by atoms with E-state index in [4.69, 9.17) is 0 Å². The van der Waals surface area contributed by atoms with Crippen LogP contribution in [0.1, 0.15) is 64.2 Å². The first-order valence-electron chi connectivity index (χ1n) is 6.87. The maximum absolute atomic E-state index is 10.1. The molecule has 0 aromatic carbocycles. The first kappa shape index (κ1) is 16.7. The van der Waals surface area contributed by atoms with Crippen LogP contribution in [0, 0.1) is 0 Å². The van der Waals surface area contributed by atoms with Gasteiger partial charge in [0.15, 0.2) is 0 Å². The summed E-state index contributed by atoms with van der Waals surface area (Å²) in [7, 11) is 0. The van der Waals surface area contributed by atoms with Crippen molar-refractivity contribution < 1.29 is 9.59 Å². The molecule has 0 aromatic rings. The Hall–Kier alpha value is -0.310. The lowest BCUT2D eigenvalue weighted by atomic mass is 10.1. The lowest BCUT2D eigenvalue weighted by molar-refractivity contribution is -0.108. The van der Waals surface area contributed by atoms with Crippen molar-refractivity contribution in [1.29, 1.82) is 0 Å². The highest BCUT2D eigenvalue weighted by molar-refractivity contribution is 7.99. The van der Waals surface area contributed by atoms with Gasteiger partial charge in [-0.15, -0.1) is 0 Å². The molecule has 0 aromatic heterocycles. The Kier molecular flexibility index (Phi) is 15.4. The van der Waals surface area contributed by atoms with Crippen molar-refractivity contribution in [2.75, 3.05) is 11.5 Å². The first-order chi connectivity index (χ1) is 8.41. The third-order valence-corrected chi connectivity index (χ3v) is 3.88. The van der Waals surface area contributed by atoms with Crippen LogP contribution in [0.5, 0.6) is 0 Å². The molecule has 0 aliphatic rings. The lowest BCUT2D eigenvalue weighted by Gasteiger charge is -2.01. The highest BCUT2D eigenvalue weighted by Gasteiger charge is 1.93. The standard InChI is InChI=1S/C14H26O2S/c15-11-7-3-1-2-5-9-13-17-14-10-6-4-8-12-16/h11-12H,1-10,13-14H2. The molecule has 3 heteroatoms. The molecule has 0 spiro atoms. The molecule has 0 aliphatic heterocycles. The van der Waals surface area contributed by atoms with E-state index >= 15 is 0 Å². The molecule has 0 saturated heterocycles. The van der Waals surface area contributed by atoms with Crippen molar-refractivity contribution in [3.8, 4) is 0 Å². The molecular weight excluding hydrogens is 232 g/mol. The monoisotopic (exact) mass is 258 g/mol. The summed E-state index contributed by atoms with van der Waals surface area (Å²) in [5, 5.41) is 0. The molecular formula is C14H26O2S. The highest BCUT2D eigenvalue weighted by Crippen LogP contribution is 2.11. The Labute approximate surface area is 110 Å². The third kappa shape index (κ3) is 15.7. The van der Waals surface area contributed by atoms with Gasteiger partial charge in [-0.2, -0.15) is 11.8 Å². The topological polar surface area (TPSA) is 34.1 Å². The maximum atomic E-state index is 10.1. The third-order valence-electron chi connectivity index (χ3n) is 2.72. The fraction of sp³-hybridized carbons (Fsp3) is 0.857. The molecule has 0 bridgehead atoms. The van der Waals surface area contributed by atoms with Crippen molar-refractivity contribution >= 4 is 24.3 Å². The van der Waals surface area contributed by atoms with Crippen LogP contribution >= 0.6 is 11.8 Å². The summed E-state index contributed by atoms with van der Waals surface area (Å²) in [5.41, 5.74) is 0. The van der Waals surface area contributed by atoms with Crippen LogP contribution in [-0.4, -0.2) is 24.1 Å². The fourth-order valence-electron chi connectivity index (χ4n) is 1.67. The lowest BCUT2D eigenvalue weighted by Crippen LogP contribution is -1.87. The number of thioether (sulfide) groups is 1. The van der Waals surface area contributed by atoms with Gasteiger partial charge in [-0.25, -0.2) is 0 Å². The van der Waals surface area contributed by atoms with Gasteiger partial charge in [0.1, 0.15) is 12.6 Å². The minimum atomic E-state index is 0.728. The van der Waals surface area contributed by atoms with E-state index in [1.807, 2.05) is 11.8 Å². The minimum absolute atomic E-state index is 0.728. The summed E-state index contributed by atoms with van der Waals surface area (Å²) >= 11 is 2.04. The molecule has 100 valence electrons. The first-order valence-corrected chi connectivity index (χ1v) is 8.02. The largest absolute Gasteiger partial charge is 0.303 e. The number of hydrogen-bond acceptors (Lipinski definition) is 3. The summed E-state index contributed by atoms with van der Waals surface area (Å²) in [6.45, 7) is 0. The van der Waals surface area contributed by atoms with Crippen molar-refractivity contribution in [3.63, 3.8) is 0 Å². The average Bonchev–Trinajstić information content (AvgIpc) is 2.35. The molecule has 0 radical (unpaired) electrons. The quantitative estimate of drug-likeness (QED) is 0.348. The van der Waals surface area contributed by atoms with Gasteiger partial charge in [0, 0.05) is 12.8 Å². The van der Waals surface area contributed by atoms with Crippen LogP contribution < -0.4 is 0 Å². The Bertz CT molecular complexity index is 154. The normalized spacial score (nSPS) is 10.4. The minimum Gasteiger partial charge on any atom is -0.303 e. The molecule has 0 fully saturated rings. The predicted octanol–water partition coefficient (Wildman–Crippen LogP) is 4.02. The van der Waals surface area contributed by atoms with E-state index in [0.29, 0.717) is 0 Å². The van der Waals surface area contributed by atoms with Gasteiger partial charge < -0.3 is 9.59 Å². The van der Waals surface area contributed by atoms with Gasteiger partial charge in [-0.05, 0) is 37.2 Å². The number of carbonyl (C=O) groups is 2. The fourth-order valence-corrected chi connectivity index (χ4v) is 2.69. The molecule has 0 aliphatic carbocycles. The van der Waals surface area contributed by atoms with Crippen molar-refractivity contribution in [1.82, 2.24) is 0 Å². The van der Waals surface area contributed by atoms with Crippen molar-refractivity contribution in [2.45, 2.75) is 64.2 Å².